The van der Waals surface area contributed by atoms with Crippen molar-refractivity contribution in [3.8, 4) is 5.75 Å². The minimum atomic E-state index is -0.898. The van der Waals surface area contributed by atoms with E-state index in [0.29, 0.717) is 23.5 Å². The number of halogens is 1. The van der Waals surface area contributed by atoms with Gasteiger partial charge in [-0.15, -0.1) is 0 Å². The molecule has 1 heterocycles. The van der Waals surface area contributed by atoms with Crippen LogP contribution in [-0.4, -0.2) is 59.8 Å². The van der Waals surface area contributed by atoms with Gasteiger partial charge in [0.1, 0.15) is 17.3 Å². The predicted octanol–water partition coefficient (Wildman–Crippen LogP) is 2.66. The Bertz CT molecular complexity index is 955. The van der Waals surface area contributed by atoms with Gasteiger partial charge in [0.15, 0.2) is 0 Å². The van der Waals surface area contributed by atoms with Gasteiger partial charge in [0, 0.05) is 12.1 Å². The van der Waals surface area contributed by atoms with E-state index in [4.69, 9.17) is 14.6 Å². The molecule has 1 aliphatic rings. The van der Waals surface area contributed by atoms with E-state index in [1.54, 1.807) is 24.3 Å². The average molecular weight is 429 g/mol. The molecule has 8 heteroatoms. The number of likely N-dealkylation sites (tertiary alicyclic amines) is 1. The molecular formula is C23H24FNO6. The number of benzene rings is 2. The molecule has 0 aliphatic carbocycles. The van der Waals surface area contributed by atoms with Crippen molar-refractivity contribution in [1.29, 1.82) is 0 Å². The van der Waals surface area contributed by atoms with E-state index < -0.39 is 23.5 Å². The summed E-state index contributed by atoms with van der Waals surface area (Å²) >= 11 is 0. The van der Waals surface area contributed by atoms with Gasteiger partial charge >= 0.3 is 0 Å². The first-order valence-corrected chi connectivity index (χ1v) is 9.93. The summed E-state index contributed by atoms with van der Waals surface area (Å²) in [6.07, 6.45) is 0. The van der Waals surface area contributed by atoms with Gasteiger partial charge < -0.3 is 24.6 Å². The van der Waals surface area contributed by atoms with Gasteiger partial charge in [0.25, 0.3) is 11.7 Å². The molecule has 2 N–H and O–H groups in total. The van der Waals surface area contributed by atoms with Crippen molar-refractivity contribution in [1.82, 2.24) is 4.90 Å². The number of carbonyl (C=O) groups is 2. The lowest BCUT2D eigenvalue weighted by Crippen LogP contribution is -2.33. The van der Waals surface area contributed by atoms with Gasteiger partial charge in [-0.1, -0.05) is 12.1 Å². The quantitative estimate of drug-likeness (QED) is 0.275. The van der Waals surface area contributed by atoms with Crippen LogP contribution in [-0.2, 0) is 14.3 Å². The molecule has 0 bridgehead atoms. The van der Waals surface area contributed by atoms with Crippen LogP contribution in [0.1, 0.15) is 24.1 Å². The lowest BCUT2D eigenvalue weighted by Gasteiger charge is -2.25. The highest BCUT2D eigenvalue weighted by molar-refractivity contribution is 6.46. The maximum Gasteiger partial charge on any atom is 0.295 e. The van der Waals surface area contributed by atoms with Gasteiger partial charge in [-0.3, -0.25) is 9.59 Å². The molecule has 7 nitrogen and oxygen atoms in total. The third kappa shape index (κ3) is 4.92. The van der Waals surface area contributed by atoms with E-state index in [0.717, 1.165) is 0 Å². The molecule has 164 valence electrons. The molecule has 0 radical (unpaired) electrons. The van der Waals surface area contributed by atoms with Gasteiger partial charge in [-0.2, -0.15) is 0 Å². The van der Waals surface area contributed by atoms with Crippen molar-refractivity contribution in [3.63, 3.8) is 0 Å². The van der Waals surface area contributed by atoms with Crippen LogP contribution >= 0.6 is 0 Å². The predicted molar refractivity (Wildman–Crippen MR) is 111 cm³/mol. The maximum atomic E-state index is 13.5. The van der Waals surface area contributed by atoms with Crippen molar-refractivity contribution in [2.75, 3.05) is 33.0 Å². The highest BCUT2D eigenvalue weighted by atomic mass is 19.1. The van der Waals surface area contributed by atoms with Crippen molar-refractivity contribution in [3.05, 3.63) is 71.0 Å². The van der Waals surface area contributed by atoms with Gasteiger partial charge in [0.2, 0.25) is 0 Å². The number of carbonyl (C=O) groups excluding carboxylic acids is 2. The Labute approximate surface area is 179 Å². The average Bonchev–Trinajstić information content (AvgIpc) is 3.02. The summed E-state index contributed by atoms with van der Waals surface area (Å²) in [6, 6.07) is 11.0. The number of nitrogens with zero attached hydrogens (tertiary/aromatic N) is 1. The number of amides is 1. The minimum absolute atomic E-state index is 0.0622. The summed E-state index contributed by atoms with van der Waals surface area (Å²) in [5, 5.41) is 19.8. The van der Waals surface area contributed by atoms with E-state index in [2.05, 4.69) is 0 Å². The van der Waals surface area contributed by atoms with Crippen molar-refractivity contribution < 1.29 is 33.7 Å². The molecule has 3 rings (SSSR count). The third-order valence-corrected chi connectivity index (χ3v) is 4.88. The van der Waals surface area contributed by atoms with E-state index >= 15 is 0 Å². The monoisotopic (exact) mass is 429 g/mol. The zero-order chi connectivity index (χ0) is 22.4. The highest BCUT2D eigenvalue weighted by Gasteiger charge is 2.45. The molecule has 0 saturated carbocycles. The topological polar surface area (TPSA) is 96.3 Å². The number of Topliss-reactive ketones (excluding diaryl/α,β-unsaturated/α-hetero) is 1. The summed E-state index contributed by atoms with van der Waals surface area (Å²) in [4.78, 5) is 26.9. The van der Waals surface area contributed by atoms with Crippen molar-refractivity contribution in [2.24, 2.45) is 0 Å². The highest BCUT2D eigenvalue weighted by Crippen LogP contribution is 2.39. The Morgan fingerprint density at radius 3 is 2.35 bits per heavy atom. The largest absolute Gasteiger partial charge is 0.507 e. The van der Waals surface area contributed by atoms with Gasteiger partial charge in [0.05, 0.1) is 38.0 Å². The van der Waals surface area contributed by atoms with Crippen LogP contribution in [0.15, 0.2) is 54.1 Å². The minimum Gasteiger partial charge on any atom is -0.507 e. The molecule has 2 aromatic rings. The summed E-state index contributed by atoms with van der Waals surface area (Å²) in [6.45, 7) is 2.41. The number of hydrogen-bond acceptors (Lipinski definition) is 6. The number of ketones is 1. The Morgan fingerprint density at radius 2 is 1.74 bits per heavy atom. The molecule has 2 aromatic carbocycles. The molecule has 1 saturated heterocycles. The van der Waals surface area contributed by atoms with E-state index in [-0.39, 0.29) is 37.7 Å². The normalized spacial score (nSPS) is 17.9. The molecular weight excluding hydrogens is 405 g/mol. The smallest absolute Gasteiger partial charge is 0.295 e. The fraction of sp³-hybridized carbons (Fsp3) is 0.304. The molecule has 1 atom stereocenters. The number of aliphatic hydroxyl groups is 2. The summed E-state index contributed by atoms with van der Waals surface area (Å²) in [5.41, 5.74) is 0.753. The first-order valence-electron chi connectivity index (χ1n) is 9.93. The third-order valence-electron chi connectivity index (χ3n) is 4.88. The molecule has 1 fully saturated rings. The van der Waals surface area contributed by atoms with Crippen LogP contribution in [0.4, 0.5) is 4.39 Å². The van der Waals surface area contributed by atoms with Crippen LogP contribution in [0.25, 0.3) is 5.76 Å². The molecule has 1 amide bonds. The lowest BCUT2D eigenvalue weighted by atomic mass is 9.95. The van der Waals surface area contributed by atoms with Crippen molar-refractivity contribution in [2.45, 2.75) is 13.0 Å². The molecule has 1 unspecified atom stereocenters. The first-order chi connectivity index (χ1) is 15.0. The second kappa shape index (κ2) is 10.2. The molecule has 31 heavy (non-hydrogen) atoms. The van der Waals surface area contributed by atoms with Crippen LogP contribution in [0.2, 0.25) is 0 Å². The number of hydrogen-bond donors (Lipinski definition) is 2. The van der Waals surface area contributed by atoms with E-state index in [9.17, 15) is 19.1 Å². The zero-order valence-corrected chi connectivity index (χ0v) is 17.1. The number of aliphatic hydroxyl groups excluding tert-OH is 2. The van der Waals surface area contributed by atoms with Crippen LogP contribution in [0.5, 0.6) is 5.75 Å². The summed E-state index contributed by atoms with van der Waals surface area (Å²) in [7, 11) is 0. The molecule has 0 aromatic heterocycles. The Kier molecular flexibility index (Phi) is 7.38. The van der Waals surface area contributed by atoms with Crippen LogP contribution in [0, 0.1) is 5.82 Å². The number of rotatable bonds is 9. The second-order valence-corrected chi connectivity index (χ2v) is 6.84. The van der Waals surface area contributed by atoms with E-state index in [1.165, 1.54) is 29.2 Å². The fourth-order valence-electron chi connectivity index (χ4n) is 3.46. The number of ether oxygens (including phenoxy) is 2. The Balaban J connectivity index is 2.02. The summed E-state index contributed by atoms with van der Waals surface area (Å²) < 4.78 is 24.1. The maximum absolute atomic E-state index is 13.5. The fourth-order valence-corrected chi connectivity index (χ4v) is 3.46. The summed E-state index contributed by atoms with van der Waals surface area (Å²) in [5.74, 6) is -1.79. The lowest BCUT2D eigenvalue weighted by molar-refractivity contribution is -0.140. The van der Waals surface area contributed by atoms with E-state index in [1.807, 2.05) is 6.92 Å². The second-order valence-electron chi connectivity index (χ2n) is 6.84. The molecule has 0 spiro atoms. The zero-order valence-electron chi connectivity index (χ0n) is 17.1. The molecule has 1 aliphatic heterocycles. The Hall–Kier alpha value is -3.23. The van der Waals surface area contributed by atoms with Crippen LogP contribution < -0.4 is 4.74 Å². The Morgan fingerprint density at radius 1 is 1.06 bits per heavy atom. The SMILES string of the molecule is CCOc1ccc(/C(O)=C2\C(=O)C(=O)N(CCOCCO)C2c2ccc(F)cc2)cc1. The van der Waals surface area contributed by atoms with Crippen LogP contribution in [0.3, 0.4) is 0 Å². The van der Waals surface area contributed by atoms with Gasteiger partial charge in [-0.05, 0) is 48.9 Å². The van der Waals surface area contributed by atoms with Crippen molar-refractivity contribution >= 4 is 17.4 Å². The standard InChI is InChI=1S/C23H24FNO6/c1-2-31-18-9-5-16(6-10-18)21(27)19-20(15-3-7-17(24)8-4-15)25(23(29)22(19)28)11-13-30-14-12-26/h3-10,20,26-27H,2,11-14H2,1H3/b21-19+. The first kappa shape index (κ1) is 22.5. The van der Waals surface area contributed by atoms with Gasteiger partial charge in [-0.25, -0.2) is 4.39 Å².